The summed E-state index contributed by atoms with van der Waals surface area (Å²) in [6.45, 7) is 10.7. The highest BCUT2D eigenvalue weighted by Gasteiger charge is 2.75. The Morgan fingerprint density at radius 1 is 1.41 bits per heavy atom. The third-order valence-electron chi connectivity index (χ3n) is 7.25. The Morgan fingerprint density at radius 3 is 2.78 bits per heavy atom. The fraction of sp³-hybridized carbons (Fsp3) is 0.792. The number of amides is 2. The van der Waals surface area contributed by atoms with Gasteiger partial charge in [0, 0.05) is 25.7 Å². The molecule has 6 atom stereocenters. The average Bonchev–Trinajstić information content (AvgIpc) is 3.40. The van der Waals surface area contributed by atoms with Crippen molar-refractivity contribution in [2.45, 2.75) is 83.1 Å². The molecule has 3 rings (SSSR count). The minimum absolute atomic E-state index is 0.00481. The minimum Gasteiger partial charge on any atom is -0.466 e. The molecule has 0 aromatic carbocycles. The summed E-state index contributed by atoms with van der Waals surface area (Å²) in [4.78, 5) is 43.9. The van der Waals surface area contributed by atoms with Gasteiger partial charge in [0.05, 0.1) is 24.5 Å². The molecular weight excluding hydrogens is 412 g/mol. The van der Waals surface area contributed by atoms with E-state index >= 15 is 0 Å². The third kappa shape index (κ3) is 4.07. The number of ether oxygens (including phenoxy) is 2. The van der Waals surface area contributed by atoms with E-state index in [-0.39, 0.29) is 37.2 Å². The number of hydrogen-bond donors (Lipinski definition) is 1. The van der Waals surface area contributed by atoms with Crippen LogP contribution in [0.4, 0.5) is 0 Å². The Hall–Kier alpha value is -1.93. The van der Waals surface area contributed by atoms with Crippen LogP contribution < -0.4 is 0 Å². The predicted octanol–water partition coefficient (Wildman–Crippen LogP) is 1.90. The molecule has 0 saturated carbocycles. The van der Waals surface area contributed by atoms with Gasteiger partial charge in [0.15, 0.2) is 0 Å². The lowest BCUT2D eigenvalue weighted by molar-refractivity contribution is -0.155. The fourth-order valence-corrected chi connectivity index (χ4v) is 5.93. The normalized spacial score (nSPS) is 31.5. The number of carbonyl (C=O) groups is 3. The monoisotopic (exact) mass is 450 g/mol. The molecule has 3 aliphatic heterocycles. The standard InChI is InChI=1S/C24H38N2O6/c1-5-10-16(4)25(13-6-2)22(29)20-24-12-11-17(32-24)18(23(30)31-7-3)19(24)21(28)26(20)14-8-9-15-27/h6,16-20,27H,2,5,7-15H2,1,3-4H3/t16?,17-,18+,19+,20?,24?/m1/s1. The van der Waals surface area contributed by atoms with E-state index in [0.717, 1.165) is 12.8 Å². The van der Waals surface area contributed by atoms with E-state index in [2.05, 4.69) is 13.5 Å². The van der Waals surface area contributed by atoms with Crippen LogP contribution in [0.15, 0.2) is 12.7 Å². The molecule has 0 aromatic rings. The average molecular weight is 451 g/mol. The van der Waals surface area contributed by atoms with Crippen LogP contribution in [0.25, 0.3) is 0 Å². The topological polar surface area (TPSA) is 96.4 Å². The number of aliphatic hydroxyl groups is 1. The van der Waals surface area contributed by atoms with Gasteiger partial charge in [-0.15, -0.1) is 6.58 Å². The second-order valence-corrected chi connectivity index (χ2v) is 9.19. The Labute approximate surface area is 190 Å². The predicted molar refractivity (Wildman–Crippen MR) is 119 cm³/mol. The number of unbranched alkanes of at least 4 members (excludes halogenated alkanes) is 1. The van der Waals surface area contributed by atoms with Crippen molar-refractivity contribution in [1.29, 1.82) is 0 Å². The Morgan fingerprint density at radius 2 is 2.16 bits per heavy atom. The Bertz CT molecular complexity index is 727. The van der Waals surface area contributed by atoms with Crippen molar-refractivity contribution in [2.24, 2.45) is 11.8 Å². The van der Waals surface area contributed by atoms with Gasteiger partial charge in [0.25, 0.3) is 0 Å². The van der Waals surface area contributed by atoms with Crippen molar-refractivity contribution in [2.75, 3.05) is 26.3 Å². The molecule has 2 amide bonds. The van der Waals surface area contributed by atoms with E-state index in [1.807, 2.05) is 6.92 Å². The molecule has 180 valence electrons. The van der Waals surface area contributed by atoms with Crippen LogP contribution in [0.3, 0.4) is 0 Å². The summed E-state index contributed by atoms with van der Waals surface area (Å²) in [6, 6.07) is -0.780. The highest BCUT2D eigenvalue weighted by atomic mass is 16.6. The molecular formula is C24H38N2O6. The van der Waals surface area contributed by atoms with Crippen LogP contribution in [0.5, 0.6) is 0 Å². The molecule has 3 heterocycles. The van der Waals surface area contributed by atoms with Crippen molar-refractivity contribution in [1.82, 2.24) is 9.80 Å². The van der Waals surface area contributed by atoms with Crippen molar-refractivity contribution in [3.05, 3.63) is 12.7 Å². The van der Waals surface area contributed by atoms with Gasteiger partial charge < -0.3 is 24.4 Å². The second-order valence-electron chi connectivity index (χ2n) is 9.19. The number of fused-ring (bicyclic) bond motifs is 1. The molecule has 0 aromatic heterocycles. The van der Waals surface area contributed by atoms with Crippen LogP contribution in [0.1, 0.15) is 59.3 Å². The quantitative estimate of drug-likeness (QED) is 0.277. The van der Waals surface area contributed by atoms with E-state index < -0.39 is 29.4 Å². The van der Waals surface area contributed by atoms with Crippen LogP contribution >= 0.6 is 0 Å². The summed E-state index contributed by atoms with van der Waals surface area (Å²) >= 11 is 0. The van der Waals surface area contributed by atoms with Gasteiger partial charge in [-0.2, -0.15) is 0 Å². The summed E-state index contributed by atoms with van der Waals surface area (Å²) in [6.07, 6.45) is 5.41. The van der Waals surface area contributed by atoms with E-state index in [4.69, 9.17) is 9.47 Å². The smallest absolute Gasteiger partial charge is 0.312 e. The molecule has 3 fully saturated rings. The van der Waals surface area contributed by atoms with E-state index in [9.17, 15) is 19.5 Å². The summed E-state index contributed by atoms with van der Waals surface area (Å²) < 4.78 is 11.7. The lowest BCUT2D eigenvalue weighted by Gasteiger charge is -2.39. The molecule has 0 radical (unpaired) electrons. The Balaban J connectivity index is 1.99. The van der Waals surface area contributed by atoms with E-state index in [1.54, 1.807) is 22.8 Å². The van der Waals surface area contributed by atoms with E-state index in [1.165, 1.54) is 0 Å². The zero-order valence-electron chi connectivity index (χ0n) is 19.6. The SMILES string of the molecule is C=CCN(C(=O)C1N(CCCCO)C(=O)[C@@H]2[C@@H](C(=O)OCC)[C@H]3CCC12O3)C(C)CCC. The molecule has 1 N–H and O–H groups in total. The number of rotatable bonds is 12. The van der Waals surface area contributed by atoms with Crippen LogP contribution in [0.2, 0.25) is 0 Å². The van der Waals surface area contributed by atoms with Gasteiger partial charge in [-0.1, -0.05) is 19.4 Å². The molecule has 1 spiro atoms. The minimum atomic E-state index is -0.999. The lowest BCUT2D eigenvalue weighted by atomic mass is 9.70. The zero-order valence-corrected chi connectivity index (χ0v) is 19.6. The van der Waals surface area contributed by atoms with Crippen LogP contribution in [-0.4, -0.2) is 82.8 Å². The number of aliphatic hydroxyl groups excluding tert-OH is 1. The summed E-state index contributed by atoms with van der Waals surface area (Å²) in [5, 5.41) is 9.23. The van der Waals surface area contributed by atoms with Gasteiger partial charge in [0.1, 0.15) is 11.6 Å². The molecule has 0 aliphatic carbocycles. The zero-order chi connectivity index (χ0) is 23.5. The maximum Gasteiger partial charge on any atom is 0.312 e. The molecule has 3 saturated heterocycles. The molecule has 2 bridgehead atoms. The first-order valence-corrected chi connectivity index (χ1v) is 12.0. The number of nitrogens with zero attached hydrogens (tertiary/aromatic N) is 2. The fourth-order valence-electron chi connectivity index (χ4n) is 5.93. The van der Waals surface area contributed by atoms with Crippen molar-refractivity contribution < 1.29 is 29.0 Å². The number of likely N-dealkylation sites (tertiary alicyclic amines) is 1. The maximum absolute atomic E-state index is 14.0. The molecule has 8 heteroatoms. The Kier molecular flexibility index (Phi) is 7.98. The van der Waals surface area contributed by atoms with E-state index in [0.29, 0.717) is 38.8 Å². The largest absolute Gasteiger partial charge is 0.466 e. The number of esters is 1. The second kappa shape index (κ2) is 10.3. The van der Waals surface area contributed by atoms with Crippen molar-refractivity contribution in [3.8, 4) is 0 Å². The first kappa shape index (κ1) is 24.7. The van der Waals surface area contributed by atoms with Gasteiger partial charge >= 0.3 is 5.97 Å². The van der Waals surface area contributed by atoms with Gasteiger partial charge in [0.2, 0.25) is 11.8 Å². The third-order valence-corrected chi connectivity index (χ3v) is 7.25. The molecule has 32 heavy (non-hydrogen) atoms. The van der Waals surface area contributed by atoms with Gasteiger partial charge in [-0.3, -0.25) is 14.4 Å². The molecule has 3 unspecified atom stereocenters. The van der Waals surface area contributed by atoms with Gasteiger partial charge in [-0.25, -0.2) is 0 Å². The first-order valence-electron chi connectivity index (χ1n) is 12.0. The summed E-state index contributed by atoms with van der Waals surface area (Å²) in [7, 11) is 0. The maximum atomic E-state index is 14.0. The highest BCUT2D eigenvalue weighted by Crippen LogP contribution is 2.58. The molecule has 3 aliphatic rings. The summed E-state index contributed by atoms with van der Waals surface area (Å²) in [5.41, 5.74) is -0.999. The molecule has 8 nitrogen and oxygen atoms in total. The summed E-state index contributed by atoms with van der Waals surface area (Å²) in [5.74, 6) is -2.13. The van der Waals surface area contributed by atoms with Crippen molar-refractivity contribution in [3.63, 3.8) is 0 Å². The van der Waals surface area contributed by atoms with Crippen molar-refractivity contribution >= 4 is 17.8 Å². The first-order chi connectivity index (χ1) is 15.4. The highest BCUT2D eigenvalue weighted by molar-refractivity contribution is 5.98. The number of carbonyl (C=O) groups excluding carboxylic acids is 3. The van der Waals surface area contributed by atoms with Gasteiger partial charge in [-0.05, 0) is 46.0 Å². The number of hydrogen-bond acceptors (Lipinski definition) is 6. The van der Waals surface area contributed by atoms with Crippen LogP contribution in [-0.2, 0) is 23.9 Å². The van der Waals surface area contributed by atoms with Crippen LogP contribution in [0, 0.1) is 11.8 Å². The lowest BCUT2D eigenvalue weighted by Crippen LogP contribution is -2.57.